The number of nitrogens with zero attached hydrogens (tertiary/aromatic N) is 2. The Morgan fingerprint density at radius 2 is 2.24 bits per heavy atom. The molecule has 0 aliphatic rings. The van der Waals surface area contributed by atoms with E-state index in [1.54, 1.807) is 22.9 Å². The molecule has 0 aliphatic heterocycles. The first kappa shape index (κ1) is 12.3. The summed E-state index contributed by atoms with van der Waals surface area (Å²) in [6, 6.07) is 6.99. The SMILES string of the molecule is Cn1ccc(CC(=O)c2ccc(Cl)c(Br)c2)n1. The third-order valence-corrected chi connectivity index (χ3v) is 3.57. The Hall–Kier alpha value is -1.13. The van der Waals surface area contributed by atoms with Crippen molar-refractivity contribution < 1.29 is 4.79 Å². The van der Waals surface area contributed by atoms with Crippen LogP contribution < -0.4 is 0 Å². The van der Waals surface area contributed by atoms with Crippen molar-refractivity contribution in [3.63, 3.8) is 0 Å². The van der Waals surface area contributed by atoms with Gasteiger partial charge in [0.25, 0.3) is 0 Å². The van der Waals surface area contributed by atoms with Crippen molar-refractivity contribution in [1.29, 1.82) is 0 Å². The van der Waals surface area contributed by atoms with Crippen molar-refractivity contribution in [3.8, 4) is 0 Å². The van der Waals surface area contributed by atoms with E-state index >= 15 is 0 Å². The number of hydrogen-bond donors (Lipinski definition) is 0. The van der Waals surface area contributed by atoms with Gasteiger partial charge in [0.05, 0.1) is 17.1 Å². The zero-order valence-electron chi connectivity index (χ0n) is 9.15. The monoisotopic (exact) mass is 312 g/mol. The summed E-state index contributed by atoms with van der Waals surface area (Å²) >= 11 is 9.17. The number of carbonyl (C=O) groups is 1. The molecule has 0 atom stereocenters. The molecule has 0 unspecified atom stereocenters. The first-order valence-electron chi connectivity index (χ1n) is 5.03. The summed E-state index contributed by atoms with van der Waals surface area (Å²) in [5, 5.41) is 4.77. The first-order valence-corrected chi connectivity index (χ1v) is 6.20. The van der Waals surface area contributed by atoms with Gasteiger partial charge in [-0.3, -0.25) is 9.48 Å². The van der Waals surface area contributed by atoms with Gasteiger partial charge in [-0.15, -0.1) is 0 Å². The van der Waals surface area contributed by atoms with E-state index in [0.29, 0.717) is 17.0 Å². The maximum absolute atomic E-state index is 12.0. The van der Waals surface area contributed by atoms with Gasteiger partial charge in [0.2, 0.25) is 0 Å². The molecule has 0 saturated carbocycles. The van der Waals surface area contributed by atoms with Crippen molar-refractivity contribution in [2.75, 3.05) is 0 Å². The number of rotatable bonds is 3. The van der Waals surface area contributed by atoms with Crippen molar-refractivity contribution in [1.82, 2.24) is 9.78 Å². The molecule has 0 radical (unpaired) electrons. The number of hydrogen-bond acceptors (Lipinski definition) is 2. The summed E-state index contributed by atoms with van der Waals surface area (Å²) in [6.07, 6.45) is 2.12. The largest absolute Gasteiger partial charge is 0.294 e. The Morgan fingerprint density at radius 1 is 1.47 bits per heavy atom. The van der Waals surface area contributed by atoms with E-state index in [9.17, 15) is 4.79 Å². The number of benzene rings is 1. The molecule has 2 aromatic rings. The Morgan fingerprint density at radius 3 is 2.82 bits per heavy atom. The predicted molar refractivity (Wildman–Crippen MR) is 70.4 cm³/mol. The van der Waals surface area contributed by atoms with Gasteiger partial charge >= 0.3 is 0 Å². The van der Waals surface area contributed by atoms with Gasteiger partial charge in [0, 0.05) is 23.3 Å². The van der Waals surface area contributed by atoms with E-state index in [4.69, 9.17) is 11.6 Å². The third kappa shape index (κ3) is 2.96. The minimum absolute atomic E-state index is 0.0288. The number of carbonyl (C=O) groups excluding carboxylic acids is 1. The Labute approximate surface area is 113 Å². The summed E-state index contributed by atoms with van der Waals surface area (Å²) in [6.45, 7) is 0. The quantitative estimate of drug-likeness (QED) is 0.815. The highest BCUT2D eigenvalue weighted by Crippen LogP contribution is 2.23. The van der Waals surface area contributed by atoms with Gasteiger partial charge in [0.15, 0.2) is 5.78 Å². The molecule has 17 heavy (non-hydrogen) atoms. The lowest BCUT2D eigenvalue weighted by molar-refractivity contribution is 0.0992. The molecule has 0 fully saturated rings. The summed E-state index contributed by atoms with van der Waals surface area (Å²) < 4.78 is 2.41. The van der Waals surface area contributed by atoms with Crippen LogP contribution >= 0.6 is 27.5 Å². The molecule has 0 saturated heterocycles. The van der Waals surface area contributed by atoms with Gasteiger partial charge in [-0.05, 0) is 40.2 Å². The lowest BCUT2D eigenvalue weighted by Crippen LogP contribution is -2.04. The normalized spacial score (nSPS) is 10.5. The molecule has 0 bridgehead atoms. The highest BCUT2D eigenvalue weighted by atomic mass is 79.9. The highest BCUT2D eigenvalue weighted by Gasteiger charge is 2.10. The molecule has 88 valence electrons. The molecule has 0 N–H and O–H groups in total. The topological polar surface area (TPSA) is 34.9 Å². The lowest BCUT2D eigenvalue weighted by atomic mass is 10.1. The lowest BCUT2D eigenvalue weighted by Gasteiger charge is -2.01. The molecule has 3 nitrogen and oxygen atoms in total. The predicted octanol–water partition coefficient (Wildman–Crippen LogP) is 3.26. The van der Waals surface area contributed by atoms with Crippen LogP contribution in [-0.2, 0) is 13.5 Å². The van der Waals surface area contributed by atoms with Crippen molar-refractivity contribution >= 4 is 33.3 Å². The Balaban J connectivity index is 2.17. The zero-order valence-corrected chi connectivity index (χ0v) is 11.5. The van der Waals surface area contributed by atoms with Crippen LogP contribution in [0, 0.1) is 0 Å². The van der Waals surface area contributed by atoms with Gasteiger partial charge in [0.1, 0.15) is 0 Å². The van der Waals surface area contributed by atoms with E-state index in [1.165, 1.54) is 0 Å². The van der Waals surface area contributed by atoms with Crippen LogP contribution in [0.3, 0.4) is 0 Å². The maximum Gasteiger partial charge on any atom is 0.168 e. The molecule has 0 aliphatic carbocycles. The van der Waals surface area contributed by atoms with Gasteiger partial charge in [-0.25, -0.2) is 0 Å². The minimum Gasteiger partial charge on any atom is -0.294 e. The van der Waals surface area contributed by atoms with E-state index in [0.717, 1.165) is 10.2 Å². The van der Waals surface area contributed by atoms with Crippen molar-refractivity contribution in [3.05, 3.63) is 51.2 Å². The third-order valence-electron chi connectivity index (χ3n) is 2.35. The van der Waals surface area contributed by atoms with E-state index < -0.39 is 0 Å². The fourth-order valence-electron chi connectivity index (χ4n) is 1.49. The molecule has 1 aromatic heterocycles. The number of aryl methyl sites for hydroxylation is 1. The second-order valence-electron chi connectivity index (χ2n) is 3.71. The van der Waals surface area contributed by atoms with Gasteiger partial charge < -0.3 is 0 Å². The fraction of sp³-hybridized carbons (Fsp3) is 0.167. The number of halogens is 2. The average molecular weight is 314 g/mol. The van der Waals surface area contributed by atoms with Crippen molar-refractivity contribution in [2.24, 2.45) is 7.05 Å². The van der Waals surface area contributed by atoms with E-state index in [1.807, 2.05) is 19.3 Å². The van der Waals surface area contributed by atoms with Crippen molar-refractivity contribution in [2.45, 2.75) is 6.42 Å². The number of aromatic nitrogens is 2. The standard InChI is InChI=1S/C12H10BrClN2O/c1-16-5-4-9(15-16)7-12(17)8-2-3-11(14)10(13)6-8/h2-6H,7H2,1H3. The number of ketones is 1. The van der Waals surface area contributed by atoms with Crippen LogP contribution in [0.2, 0.25) is 5.02 Å². The van der Waals surface area contributed by atoms with Crippen LogP contribution in [0.1, 0.15) is 16.1 Å². The Bertz CT molecular complexity index is 565. The smallest absolute Gasteiger partial charge is 0.168 e. The highest BCUT2D eigenvalue weighted by molar-refractivity contribution is 9.10. The first-order chi connectivity index (χ1) is 8.06. The summed E-state index contributed by atoms with van der Waals surface area (Å²) in [4.78, 5) is 12.0. The molecule has 0 spiro atoms. The van der Waals surface area contributed by atoms with E-state index in [2.05, 4.69) is 21.0 Å². The van der Waals surface area contributed by atoms with Crippen LogP contribution in [-0.4, -0.2) is 15.6 Å². The van der Waals surface area contributed by atoms with Gasteiger partial charge in [-0.1, -0.05) is 11.6 Å². The minimum atomic E-state index is 0.0288. The summed E-state index contributed by atoms with van der Waals surface area (Å²) in [5.41, 5.74) is 1.40. The second kappa shape index (κ2) is 5.02. The maximum atomic E-state index is 12.0. The zero-order chi connectivity index (χ0) is 12.4. The second-order valence-corrected chi connectivity index (χ2v) is 4.97. The molecular weight excluding hydrogens is 304 g/mol. The number of Topliss-reactive ketones (excluding diaryl/α,β-unsaturated/α-hetero) is 1. The van der Waals surface area contributed by atoms with E-state index in [-0.39, 0.29) is 5.78 Å². The molecule has 0 amide bonds. The summed E-state index contributed by atoms with van der Waals surface area (Å²) in [7, 11) is 1.83. The Kier molecular flexibility index (Phi) is 3.64. The molecule has 1 heterocycles. The van der Waals surface area contributed by atoms with Crippen LogP contribution in [0.5, 0.6) is 0 Å². The van der Waals surface area contributed by atoms with Crippen LogP contribution in [0.25, 0.3) is 0 Å². The van der Waals surface area contributed by atoms with Gasteiger partial charge in [-0.2, -0.15) is 5.10 Å². The molecule has 2 rings (SSSR count). The van der Waals surface area contributed by atoms with Crippen LogP contribution in [0.4, 0.5) is 0 Å². The molecular formula is C12H10BrClN2O. The molecule has 5 heteroatoms. The fourth-order valence-corrected chi connectivity index (χ4v) is 1.99. The molecule has 1 aromatic carbocycles. The summed E-state index contributed by atoms with van der Waals surface area (Å²) in [5.74, 6) is 0.0288. The van der Waals surface area contributed by atoms with Crippen LogP contribution in [0.15, 0.2) is 34.9 Å². The average Bonchev–Trinajstić information content (AvgIpc) is 2.68.